The molecule has 0 bridgehead atoms. The highest BCUT2D eigenvalue weighted by Crippen LogP contribution is 2.35. The first-order valence-corrected chi connectivity index (χ1v) is 17.6. The Morgan fingerprint density at radius 3 is 1.86 bits per heavy atom. The Balaban J connectivity index is 0.000000343. The quantitative estimate of drug-likeness (QED) is 0.0938. The summed E-state index contributed by atoms with van der Waals surface area (Å²) in [6.45, 7) is 8.00. The summed E-state index contributed by atoms with van der Waals surface area (Å²) in [5.41, 5.74) is 0.825. The lowest BCUT2D eigenvalue weighted by Gasteiger charge is -2.34. The summed E-state index contributed by atoms with van der Waals surface area (Å²) >= 11 is 3.25. The minimum atomic E-state index is -0.940. The summed E-state index contributed by atoms with van der Waals surface area (Å²) < 4.78 is 0.431. The maximum atomic E-state index is 13.2. The van der Waals surface area contributed by atoms with E-state index in [0.29, 0.717) is 22.9 Å². The number of nitrogens with one attached hydrogen (secondary N) is 3. The van der Waals surface area contributed by atoms with Crippen LogP contribution < -0.4 is 16.0 Å². The number of nitro groups is 1. The number of hydrogen-bond donors (Lipinski definition) is 4. The third-order valence-electron chi connectivity index (χ3n) is 7.97. The van der Waals surface area contributed by atoms with Crippen LogP contribution in [-0.4, -0.2) is 56.9 Å². The first kappa shape index (κ1) is 40.0. The van der Waals surface area contributed by atoms with Crippen LogP contribution in [0.4, 0.5) is 11.4 Å². The van der Waals surface area contributed by atoms with Crippen molar-refractivity contribution in [2.75, 3.05) is 12.4 Å². The topological polar surface area (TPSA) is 176 Å². The van der Waals surface area contributed by atoms with Crippen LogP contribution in [0.25, 0.3) is 21.5 Å². The lowest BCUT2D eigenvalue weighted by Crippen LogP contribution is -2.48. The van der Waals surface area contributed by atoms with E-state index in [1.807, 2.05) is 70.2 Å². The van der Waals surface area contributed by atoms with Gasteiger partial charge in [-0.3, -0.25) is 29.7 Å². The van der Waals surface area contributed by atoms with E-state index in [1.165, 1.54) is 19.3 Å². The molecule has 1 aliphatic rings. The van der Waals surface area contributed by atoms with Crippen molar-refractivity contribution in [3.8, 4) is 0 Å². The molecule has 2 unspecified atom stereocenters. The van der Waals surface area contributed by atoms with Crippen LogP contribution in [-0.2, 0) is 0 Å². The highest BCUT2D eigenvalue weighted by Gasteiger charge is 2.31. The lowest BCUT2D eigenvalue weighted by atomic mass is 9.89. The van der Waals surface area contributed by atoms with E-state index in [0.717, 1.165) is 34.4 Å². The summed E-state index contributed by atoms with van der Waals surface area (Å²) in [6, 6.07) is 17.2. The van der Waals surface area contributed by atoms with Crippen LogP contribution in [0, 0.1) is 10.1 Å². The van der Waals surface area contributed by atoms with Gasteiger partial charge in [0, 0.05) is 65.2 Å². The zero-order valence-corrected chi connectivity index (χ0v) is 30.9. The number of pyridine rings is 2. The van der Waals surface area contributed by atoms with Gasteiger partial charge in [-0.05, 0) is 29.7 Å². The zero-order chi connectivity index (χ0) is 37.5. The van der Waals surface area contributed by atoms with Crippen molar-refractivity contribution in [2.24, 2.45) is 0 Å². The number of carbonyl (C=O) groups is 3. The fourth-order valence-corrected chi connectivity index (χ4v) is 6.14. The molecule has 2 heterocycles. The van der Waals surface area contributed by atoms with Gasteiger partial charge in [-0.25, -0.2) is 4.79 Å². The summed E-state index contributed by atoms with van der Waals surface area (Å²) in [7, 11) is 1.47. The second kappa shape index (κ2) is 19.7. The highest BCUT2D eigenvalue weighted by atomic mass is 79.9. The largest absolute Gasteiger partial charge is 0.478 e. The molecule has 0 radical (unpaired) electrons. The van der Waals surface area contributed by atoms with E-state index in [4.69, 9.17) is 5.11 Å². The predicted molar refractivity (Wildman–Crippen MR) is 204 cm³/mol. The van der Waals surface area contributed by atoms with Crippen molar-refractivity contribution in [1.29, 1.82) is 0 Å². The first-order valence-electron chi connectivity index (χ1n) is 16.8. The number of nitrogens with zero attached hydrogens (tertiary/aromatic N) is 3. The van der Waals surface area contributed by atoms with Gasteiger partial charge in [-0.15, -0.1) is 0 Å². The molecule has 2 aromatic heterocycles. The SMILES string of the molecule is CC.CC.CNC(=O)c1cc(Br)cc([N+](=O)[O-])c1NC1CCCCC1NC(=O)c1cncc2ccccc12.O=C(O)c1cncc2ccccc12. The number of hydrogen-bond acceptors (Lipinski definition) is 8. The molecule has 5 aromatic rings. The first-order chi connectivity index (χ1) is 24.7. The number of carbonyl (C=O) groups excluding carboxylic acids is 2. The Labute approximate surface area is 305 Å². The van der Waals surface area contributed by atoms with E-state index in [-0.39, 0.29) is 40.5 Å². The zero-order valence-electron chi connectivity index (χ0n) is 29.3. The molecule has 6 rings (SSSR count). The Bertz CT molecular complexity index is 1980. The normalized spacial score (nSPS) is 14.6. The third-order valence-corrected chi connectivity index (χ3v) is 8.43. The van der Waals surface area contributed by atoms with Gasteiger partial charge in [0.15, 0.2) is 0 Å². The molecule has 51 heavy (non-hydrogen) atoms. The average molecular weight is 760 g/mol. The van der Waals surface area contributed by atoms with Gasteiger partial charge >= 0.3 is 5.97 Å². The number of carboxylic acid groups (broad SMARTS) is 1. The fraction of sp³-hybridized carbons (Fsp3) is 0.289. The monoisotopic (exact) mass is 758 g/mol. The van der Waals surface area contributed by atoms with Crippen LogP contribution in [0.15, 0.2) is 89.9 Å². The molecule has 3 aromatic carbocycles. The van der Waals surface area contributed by atoms with Gasteiger partial charge in [0.05, 0.1) is 21.6 Å². The van der Waals surface area contributed by atoms with Crippen LogP contribution in [0.1, 0.15) is 84.5 Å². The smallest absolute Gasteiger partial charge is 0.337 e. The maximum Gasteiger partial charge on any atom is 0.337 e. The van der Waals surface area contributed by atoms with E-state index in [1.54, 1.807) is 30.7 Å². The number of benzene rings is 3. The molecule has 1 aliphatic carbocycles. The molecular formula is C38H43BrN6O6. The van der Waals surface area contributed by atoms with Gasteiger partial charge in [-0.1, -0.05) is 105 Å². The maximum absolute atomic E-state index is 13.2. The van der Waals surface area contributed by atoms with E-state index in [2.05, 4.69) is 41.8 Å². The van der Waals surface area contributed by atoms with Crippen LogP contribution in [0.5, 0.6) is 0 Å². The molecular weight excluding hydrogens is 716 g/mol. The molecule has 268 valence electrons. The van der Waals surface area contributed by atoms with Gasteiger partial charge in [0.1, 0.15) is 5.69 Å². The molecule has 1 fully saturated rings. The molecule has 12 nitrogen and oxygen atoms in total. The molecule has 2 atom stereocenters. The van der Waals surface area contributed by atoms with E-state index < -0.39 is 16.8 Å². The number of fused-ring (bicyclic) bond motifs is 2. The number of anilines is 1. The van der Waals surface area contributed by atoms with Crippen molar-refractivity contribution in [3.63, 3.8) is 0 Å². The van der Waals surface area contributed by atoms with Crippen LogP contribution in [0.2, 0.25) is 0 Å². The van der Waals surface area contributed by atoms with Gasteiger partial charge in [-0.2, -0.15) is 0 Å². The molecule has 2 amide bonds. The third kappa shape index (κ3) is 10.1. The summed E-state index contributed by atoms with van der Waals surface area (Å²) in [5, 5.41) is 32.7. The Kier molecular flexibility index (Phi) is 15.4. The van der Waals surface area contributed by atoms with Crippen molar-refractivity contribution < 1.29 is 24.4 Å². The van der Waals surface area contributed by atoms with E-state index >= 15 is 0 Å². The van der Waals surface area contributed by atoms with Crippen molar-refractivity contribution >= 4 is 66.6 Å². The summed E-state index contributed by atoms with van der Waals surface area (Å²) in [6.07, 6.45) is 9.50. The average Bonchev–Trinajstić information content (AvgIpc) is 3.16. The summed E-state index contributed by atoms with van der Waals surface area (Å²) in [4.78, 5) is 55.8. The number of amides is 2. The fourth-order valence-electron chi connectivity index (χ4n) is 5.69. The van der Waals surface area contributed by atoms with Gasteiger partial charge in [0.25, 0.3) is 17.5 Å². The Hall–Kier alpha value is -5.43. The minimum Gasteiger partial charge on any atom is -0.478 e. The number of aromatic nitrogens is 2. The van der Waals surface area contributed by atoms with Crippen molar-refractivity contribution in [2.45, 2.75) is 65.5 Å². The number of nitro benzene ring substituents is 1. The lowest BCUT2D eigenvalue weighted by molar-refractivity contribution is -0.384. The van der Waals surface area contributed by atoms with Crippen molar-refractivity contribution in [1.82, 2.24) is 20.6 Å². The standard InChI is InChI=1S/C24H24BrN5O4.C10H7NO2.2C2H6/c1-26-23(31)17-10-15(25)11-21(30(33)34)22(17)28-19-8-4-5-9-20(19)29-24(32)18-13-27-12-14-6-2-3-7-16(14)18;12-10(13)9-6-11-5-7-3-1-2-4-8(7)9;2*1-2/h2-3,6-7,10-13,19-20,28H,4-5,8-9H2,1H3,(H,26,31)(H,29,32);1-6H,(H,12,13);2*1-2H3. The highest BCUT2D eigenvalue weighted by molar-refractivity contribution is 9.10. The predicted octanol–water partition coefficient (Wildman–Crippen LogP) is 8.40. The van der Waals surface area contributed by atoms with Crippen LogP contribution in [0.3, 0.4) is 0 Å². The molecule has 0 saturated heterocycles. The molecule has 0 spiro atoms. The molecule has 1 saturated carbocycles. The van der Waals surface area contributed by atoms with Crippen LogP contribution >= 0.6 is 15.9 Å². The van der Waals surface area contributed by atoms with Gasteiger partial charge in [0.2, 0.25) is 0 Å². The number of halogens is 1. The minimum absolute atomic E-state index is 0.144. The molecule has 0 aliphatic heterocycles. The Morgan fingerprint density at radius 2 is 1.31 bits per heavy atom. The van der Waals surface area contributed by atoms with Gasteiger partial charge < -0.3 is 21.1 Å². The van der Waals surface area contributed by atoms with Crippen molar-refractivity contribution in [3.05, 3.63) is 117 Å². The molecule has 4 N–H and O–H groups in total. The number of rotatable bonds is 7. The second-order valence-electron chi connectivity index (χ2n) is 10.9. The second-order valence-corrected chi connectivity index (χ2v) is 11.8. The Morgan fingerprint density at radius 1 is 0.784 bits per heavy atom. The van der Waals surface area contributed by atoms with E-state index in [9.17, 15) is 24.5 Å². The molecule has 13 heteroatoms. The summed E-state index contributed by atoms with van der Waals surface area (Å²) in [5.74, 6) is -1.63. The number of aromatic carboxylic acids is 1. The number of carboxylic acids is 1.